The molecule has 102 valence electrons. The van der Waals surface area contributed by atoms with Gasteiger partial charge in [0.05, 0.1) is 0 Å². The van der Waals surface area contributed by atoms with Gasteiger partial charge < -0.3 is 5.32 Å². The molecule has 0 atom stereocenters. The van der Waals surface area contributed by atoms with E-state index in [2.05, 4.69) is 10.0 Å². The molecule has 1 fully saturated rings. The molecule has 0 saturated carbocycles. The fraction of sp³-hybridized carbons (Fsp3) is 1.00. The summed E-state index contributed by atoms with van der Waals surface area (Å²) in [5.74, 6) is 0. The Labute approximate surface area is 98.5 Å². The van der Waals surface area contributed by atoms with Crippen molar-refractivity contribution in [3.8, 4) is 0 Å². The van der Waals surface area contributed by atoms with Crippen LogP contribution in [-0.4, -0.2) is 51.6 Å². The molecule has 0 unspecified atom stereocenters. The van der Waals surface area contributed by atoms with E-state index in [-0.39, 0.29) is 13.0 Å². The smallest absolute Gasteiger partial charge is 0.314 e. The summed E-state index contributed by atoms with van der Waals surface area (Å²) in [6, 6.07) is 0. The lowest BCUT2D eigenvalue weighted by molar-refractivity contribution is -0.135. The average molecular weight is 275 g/mol. The fourth-order valence-corrected chi connectivity index (χ4v) is 2.71. The molecule has 17 heavy (non-hydrogen) atoms. The van der Waals surface area contributed by atoms with Gasteiger partial charge in [0.2, 0.25) is 0 Å². The molecule has 1 aliphatic heterocycles. The van der Waals surface area contributed by atoms with Crippen molar-refractivity contribution in [3.63, 3.8) is 0 Å². The summed E-state index contributed by atoms with van der Waals surface area (Å²) >= 11 is 0. The summed E-state index contributed by atoms with van der Waals surface area (Å²) in [5, 5.41) is 2.99. The zero-order valence-electron chi connectivity index (χ0n) is 9.26. The molecule has 0 amide bonds. The molecule has 2 N–H and O–H groups in total. The number of rotatable bonds is 5. The Kier molecular flexibility index (Phi) is 5.17. The summed E-state index contributed by atoms with van der Waals surface area (Å²) in [5.41, 5.74) is 0. The molecule has 0 aromatic heterocycles. The van der Waals surface area contributed by atoms with Gasteiger partial charge in [-0.15, -0.1) is 0 Å². The van der Waals surface area contributed by atoms with Gasteiger partial charge in [-0.25, -0.2) is 4.72 Å². The molecule has 0 bridgehead atoms. The second-order valence-corrected chi connectivity index (χ2v) is 5.52. The molecule has 1 heterocycles. The van der Waals surface area contributed by atoms with Crippen LogP contribution in [0.1, 0.15) is 12.8 Å². The van der Waals surface area contributed by atoms with Gasteiger partial charge in [0.25, 0.3) is 10.2 Å². The molecule has 1 saturated heterocycles. The SMILES string of the molecule is O=S(=O)(NCCCC(F)(F)F)N1CCNCC1. The molecule has 1 aliphatic rings. The largest absolute Gasteiger partial charge is 0.389 e. The van der Waals surface area contributed by atoms with Gasteiger partial charge >= 0.3 is 6.18 Å². The van der Waals surface area contributed by atoms with E-state index in [1.807, 2.05) is 0 Å². The Bertz CT molecular complexity index is 325. The van der Waals surface area contributed by atoms with Crippen LogP contribution in [0.3, 0.4) is 0 Å². The van der Waals surface area contributed by atoms with Crippen molar-refractivity contribution < 1.29 is 21.6 Å². The van der Waals surface area contributed by atoms with E-state index in [0.29, 0.717) is 26.2 Å². The minimum atomic E-state index is -4.24. The standard InChI is InChI=1S/C8H16F3N3O2S/c9-8(10,11)2-1-3-13-17(15,16)14-6-4-12-5-7-14/h12-13H,1-7H2. The van der Waals surface area contributed by atoms with Crippen LogP contribution in [0.4, 0.5) is 13.2 Å². The highest BCUT2D eigenvalue weighted by Crippen LogP contribution is 2.20. The van der Waals surface area contributed by atoms with Crippen LogP contribution in [0.5, 0.6) is 0 Å². The predicted molar refractivity (Wildman–Crippen MR) is 56.7 cm³/mol. The molecule has 5 nitrogen and oxygen atoms in total. The van der Waals surface area contributed by atoms with E-state index in [1.165, 1.54) is 4.31 Å². The number of alkyl halides is 3. The van der Waals surface area contributed by atoms with Gasteiger partial charge in [-0.1, -0.05) is 0 Å². The van der Waals surface area contributed by atoms with Crippen molar-refractivity contribution in [2.45, 2.75) is 19.0 Å². The number of nitrogens with zero attached hydrogens (tertiary/aromatic N) is 1. The second kappa shape index (κ2) is 5.98. The van der Waals surface area contributed by atoms with Crippen LogP contribution in [0.25, 0.3) is 0 Å². The van der Waals surface area contributed by atoms with E-state index in [0.717, 1.165) is 0 Å². The van der Waals surface area contributed by atoms with Crippen LogP contribution < -0.4 is 10.0 Å². The van der Waals surface area contributed by atoms with Gasteiger partial charge in [0, 0.05) is 39.1 Å². The van der Waals surface area contributed by atoms with Gasteiger partial charge in [0.1, 0.15) is 0 Å². The van der Waals surface area contributed by atoms with E-state index >= 15 is 0 Å². The van der Waals surface area contributed by atoms with Crippen LogP contribution in [-0.2, 0) is 10.2 Å². The minimum Gasteiger partial charge on any atom is -0.314 e. The zero-order valence-corrected chi connectivity index (χ0v) is 10.1. The molecule has 1 rings (SSSR count). The minimum absolute atomic E-state index is 0.189. The third-order valence-electron chi connectivity index (χ3n) is 2.34. The zero-order chi connectivity index (χ0) is 12.9. The van der Waals surface area contributed by atoms with Crippen LogP contribution in [0, 0.1) is 0 Å². The monoisotopic (exact) mass is 275 g/mol. The van der Waals surface area contributed by atoms with Crippen molar-refractivity contribution in [2.75, 3.05) is 32.7 Å². The normalized spacial score (nSPS) is 19.5. The van der Waals surface area contributed by atoms with Gasteiger partial charge in [0.15, 0.2) is 0 Å². The lowest BCUT2D eigenvalue weighted by Crippen LogP contribution is -2.50. The molecule has 9 heteroatoms. The van der Waals surface area contributed by atoms with Gasteiger partial charge in [-0.3, -0.25) is 0 Å². The maximum absolute atomic E-state index is 11.8. The average Bonchev–Trinajstić information content (AvgIpc) is 2.25. The van der Waals surface area contributed by atoms with Gasteiger partial charge in [-0.05, 0) is 6.42 Å². The van der Waals surface area contributed by atoms with Crippen LogP contribution in [0.15, 0.2) is 0 Å². The first-order chi connectivity index (χ1) is 7.81. The van der Waals surface area contributed by atoms with Crippen LogP contribution in [0.2, 0.25) is 0 Å². The lowest BCUT2D eigenvalue weighted by Gasteiger charge is -2.26. The molecular formula is C8H16F3N3O2S. The Morgan fingerprint density at radius 2 is 1.82 bits per heavy atom. The number of hydrogen-bond acceptors (Lipinski definition) is 3. The van der Waals surface area contributed by atoms with Crippen molar-refractivity contribution >= 4 is 10.2 Å². The summed E-state index contributed by atoms with van der Waals surface area (Å²) < 4.78 is 62.1. The summed E-state index contributed by atoms with van der Waals surface area (Å²) in [6.45, 7) is 1.61. The third-order valence-corrected chi connectivity index (χ3v) is 3.95. The van der Waals surface area contributed by atoms with Crippen molar-refractivity contribution in [2.24, 2.45) is 0 Å². The number of nitrogens with one attached hydrogen (secondary N) is 2. The second-order valence-electron chi connectivity index (χ2n) is 3.77. The highest BCUT2D eigenvalue weighted by atomic mass is 32.2. The number of piperazine rings is 1. The highest BCUT2D eigenvalue weighted by molar-refractivity contribution is 7.87. The molecule has 0 radical (unpaired) electrons. The van der Waals surface area contributed by atoms with Crippen molar-refractivity contribution in [3.05, 3.63) is 0 Å². The summed E-state index contributed by atoms with van der Waals surface area (Å²) in [4.78, 5) is 0. The maximum Gasteiger partial charge on any atom is 0.389 e. The highest BCUT2D eigenvalue weighted by Gasteiger charge is 2.27. The first kappa shape index (κ1) is 14.7. The summed E-state index contributed by atoms with van der Waals surface area (Å²) in [6.07, 6.45) is -5.45. The molecule has 0 aliphatic carbocycles. The Hall–Kier alpha value is -0.380. The fourth-order valence-electron chi connectivity index (χ4n) is 1.47. The quantitative estimate of drug-likeness (QED) is 0.698. The third kappa shape index (κ3) is 5.66. The number of halogens is 3. The maximum atomic E-state index is 11.8. The summed E-state index contributed by atoms with van der Waals surface area (Å²) in [7, 11) is -3.63. The number of hydrogen-bond donors (Lipinski definition) is 2. The van der Waals surface area contributed by atoms with Crippen LogP contribution >= 0.6 is 0 Å². The van der Waals surface area contributed by atoms with E-state index < -0.39 is 22.8 Å². The lowest BCUT2D eigenvalue weighted by atomic mass is 10.3. The molecule has 0 aromatic carbocycles. The van der Waals surface area contributed by atoms with Gasteiger partial charge in [-0.2, -0.15) is 25.9 Å². The Morgan fingerprint density at radius 1 is 1.24 bits per heavy atom. The first-order valence-corrected chi connectivity index (χ1v) is 6.77. The molecule has 0 aromatic rings. The molecule has 0 spiro atoms. The predicted octanol–water partition coefficient (Wildman–Crippen LogP) is 0.0685. The van der Waals surface area contributed by atoms with Crippen molar-refractivity contribution in [1.29, 1.82) is 0 Å². The topological polar surface area (TPSA) is 61.4 Å². The van der Waals surface area contributed by atoms with E-state index in [1.54, 1.807) is 0 Å². The Balaban J connectivity index is 2.29. The van der Waals surface area contributed by atoms with E-state index in [9.17, 15) is 21.6 Å². The van der Waals surface area contributed by atoms with E-state index in [4.69, 9.17) is 0 Å². The van der Waals surface area contributed by atoms with Crippen molar-refractivity contribution in [1.82, 2.24) is 14.3 Å². The first-order valence-electron chi connectivity index (χ1n) is 5.33. The molecular weight excluding hydrogens is 259 g/mol. The Morgan fingerprint density at radius 3 is 2.35 bits per heavy atom.